The highest BCUT2D eigenvalue weighted by atomic mass is 16.5. The van der Waals surface area contributed by atoms with E-state index in [1.165, 1.54) is 12.8 Å². The number of aromatic nitrogens is 3. The summed E-state index contributed by atoms with van der Waals surface area (Å²) < 4.78 is 10.8. The lowest BCUT2D eigenvalue weighted by Crippen LogP contribution is -1.97. The Morgan fingerprint density at radius 1 is 1.19 bits per heavy atom. The second-order valence-corrected chi connectivity index (χ2v) is 6.38. The van der Waals surface area contributed by atoms with E-state index in [1.54, 1.807) is 0 Å². The van der Waals surface area contributed by atoms with Crippen LogP contribution in [0.3, 0.4) is 0 Å². The van der Waals surface area contributed by atoms with Gasteiger partial charge in [0.25, 0.3) is 0 Å². The van der Waals surface area contributed by atoms with Gasteiger partial charge in [0.15, 0.2) is 11.7 Å². The number of aryl methyl sites for hydroxylation is 1. The zero-order chi connectivity index (χ0) is 14.8. The Bertz CT molecular complexity index is 584. The number of hydrogen-bond acceptors (Lipinski definition) is 5. The number of rotatable bonds is 7. The van der Waals surface area contributed by atoms with Gasteiger partial charge in [-0.2, -0.15) is 4.98 Å². The smallest absolute Gasteiger partial charge is 0.229 e. The molecule has 5 nitrogen and oxygen atoms in total. The quantitative estimate of drug-likeness (QED) is 0.764. The van der Waals surface area contributed by atoms with Crippen molar-refractivity contribution in [3.05, 3.63) is 29.6 Å². The van der Waals surface area contributed by atoms with Crippen molar-refractivity contribution in [2.24, 2.45) is 0 Å². The van der Waals surface area contributed by atoms with Crippen LogP contribution in [0.2, 0.25) is 0 Å². The maximum absolute atomic E-state index is 5.61. The molecular formula is C16H23N3O2. The minimum Gasteiger partial charge on any atom is -0.448 e. The zero-order valence-corrected chi connectivity index (χ0v) is 13.0. The van der Waals surface area contributed by atoms with Gasteiger partial charge in [-0.15, -0.1) is 0 Å². The molecule has 2 aromatic heterocycles. The number of oxazole rings is 1. The van der Waals surface area contributed by atoms with Crippen molar-refractivity contribution in [3.8, 4) is 0 Å². The molecule has 1 atom stereocenters. The fraction of sp³-hybridized carbons (Fsp3) is 0.688. The highest BCUT2D eigenvalue weighted by molar-refractivity contribution is 5.11. The molecule has 0 radical (unpaired) electrons. The van der Waals surface area contributed by atoms with E-state index >= 15 is 0 Å². The van der Waals surface area contributed by atoms with E-state index in [-0.39, 0.29) is 0 Å². The van der Waals surface area contributed by atoms with Crippen molar-refractivity contribution < 1.29 is 8.94 Å². The highest BCUT2D eigenvalue weighted by Crippen LogP contribution is 2.40. The lowest BCUT2D eigenvalue weighted by Gasteiger charge is -2.05. The minimum atomic E-state index is 0.290. The van der Waals surface area contributed by atoms with Crippen LogP contribution in [0.25, 0.3) is 0 Å². The topological polar surface area (TPSA) is 65.0 Å². The van der Waals surface area contributed by atoms with E-state index in [0.29, 0.717) is 17.8 Å². The van der Waals surface area contributed by atoms with Crippen LogP contribution in [0, 0.1) is 0 Å². The Morgan fingerprint density at radius 2 is 2.00 bits per heavy atom. The first-order valence-electron chi connectivity index (χ1n) is 7.91. The molecule has 1 saturated carbocycles. The Morgan fingerprint density at radius 3 is 2.67 bits per heavy atom. The largest absolute Gasteiger partial charge is 0.448 e. The van der Waals surface area contributed by atoms with Crippen LogP contribution in [0.1, 0.15) is 87.5 Å². The van der Waals surface area contributed by atoms with E-state index in [1.807, 2.05) is 6.26 Å². The SMILES string of the molecule is CC(C)c1nc(CCCC(C)c2nc(C3CC3)co2)no1. The number of hydrogen-bond donors (Lipinski definition) is 0. The predicted octanol–water partition coefficient (Wildman–Crippen LogP) is 4.18. The Labute approximate surface area is 125 Å². The Balaban J connectivity index is 1.47. The van der Waals surface area contributed by atoms with E-state index in [9.17, 15) is 0 Å². The molecule has 21 heavy (non-hydrogen) atoms. The van der Waals surface area contributed by atoms with Crippen molar-refractivity contribution in [3.63, 3.8) is 0 Å². The number of nitrogens with zero attached hydrogens (tertiary/aromatic N) is 3. The van der Waals surface area contributed by atoms with Gasteiger partial charge in [-0.1, -0.05) is 25.9 Å². The molecule has 0 amide bonds. The molecule has 0 spiro atoms. The molecule has 1 aliphatic carbocycles. The van der Waals surface area contributed by atoms with Crippen LogP contribution >= 0.6 is 0 Å². The van der Waals surface area contributed by atoms with Crippen molar-refractivity contribution in [2.75, 3.05) is 0 Å². The van der Waals surface area contributed by atoms with Crippen molar-refractivity contribution in [2.45, 2.75) is 70.6 Å². The molecule has 0 aliphatic heterocycles. The van der Waals surface area contributed by atoms with Crippen LogP contribution in [0.4, 0.5) is 0 Å². The van der Waals surface area contributed by atoms with E-state index in [4.69, 9.17) is 8.94 Å². The molecule has 2 heterocycles. The van der Waals surface area contributed by atoms with E-state index in [2.05, 4.69) is 35.9 Å². The highest BCUT2D eigenvalue weighted by Gasteiger charge is 2.27. The third-order valence-corrected chi connectivity index (χ3v) is 3.97. The first-order valence-corrected chi connectivity index (χ1v) is 7.91. The van der Waals surface area contributed by atoms with Crippen molar-refractivity contribution in [1.82, 2.24) is 15.1 Å². The summed E-state index contributed by atoms with van der Waals surface area (Å²) in [5, 5.41) is 4.02. The maximum Gasteiger partial charge on any atom is 0.229 e. The molecule has 1 unspecified atom stereocenters. The van der Waals surface area contributed by atoms with Gasteiger partial charge < -0.3 is 8.94 Å². The molecular weight excluding hydrogens is 266 g/mol. The summed E-state index contributed by atoms with van der Waals surface area (Å²) in [6.45, 7) is 6.27. The second-order valence-electron chi connectivity index (χ2n) is 6.38. The van der Waals surface area contributed by atoms with Crippen molar-refractivity contribution >= 4 is 0 Å². The molecule has 1 fully saturated rings. The lowest BCUT2D eigenvalue weighted by atomic mass is 10.0. The third-order valence-electron chi connectivity index (χ3n) is 3.97. The summed E-state index contributed by atoms with van der Waals surface area (Å²) >= 11 is 0. The van der Waals surface area contributed by atoms with E-state index < -0.39 is 0 Å². The van der Waals surface area contributed by atoms with Crippen LogP contribution in [-0.4, -0.2) is 15.1 Å². The zero-order valence-electron chi connectivity index (χ0n) is 13.0. The van der Waals surface area contributed by atoms with Crippen LogP contribution in [-0.2, 0) is 6.42 Å². The summed E-state index contributed by atoms with van der Waals surface area (Å²) in [6.07, 6.45) is 7.23. The standard InChI is InChI=1S/C16H23N3O2/c1-10(2)15-18-14(19-21-15)6-4-5-11(3)16-17-13(9-20-16)12-7-8-12/h9-12H,4-8H2,1-3H3. The molecule has 5 heteroatoms. The van der Waals surface area contributed by atoms with Gasteiger partial charge >= 0.3 is 0 Å². The fourth-order valence-electron chi connectivity index (χ4n) is 2.39. The Kier molecular flexibility index (Phi) is 4.08. The summed E-state index contributed by atoms with van der Waals surface area (Å²) in [4.78, 5) is 9.01. The molecule has 114 valence electrons. The predicted molar refractivity (Wildman–Crippen MR) is 78.2 cm³/mol. The van der Waals surface area contributed by atoms with Gasteiger partial charge in [0, 0.05) is 24.2 Å². The average Bonchev–Trinajstić information content (AvgIpc) is 3.01. The van der Waals surface area contributed by atoms with Gasteiger partial charge in [-0.25, -0.2) is 4.98 Å². The lowest BCUT2D eigenvalue weighted by molar-refractivity contribution is 0.359. The van der Waals surface area contributed by atoms with Crippen LogP contribution < -0.4 is 0 Å². The maximum atomic E-state index is 5.61. The van der Waals surface area contributed by atoms with Crippen LogP contribution in [0.5, 0.6) is 0 Å². The first kappa shape index (κ1) is 14.3. The van der Waals surface area contributed by atoms with Gasteiger partial charge in [-0.05, 0) is 25.7 Å². The van der Waals surface area contributed by atoms with Crippen LogP contribution in [0.15, 0.2) is 15.2 Å². The minimum absolute atomic E-state index is 0.290. The van der Waals surface area contributed by atoms with Crippen molar-refractivity contribution in [1.29, 1.82) is 0 Å². The first-order chi connectivity index (χ1) is 10.1. The summed E-state index contributed by atoms with van der Waals surface area (Å²) in [6, 6.07) is 0. The van der Waals surface area contributed by atoms with Gasteiger partial charge in [-0.3, -0.25) is 0 Å². The van der Waals surface area contributed by atoms with Gasteiger partial charge in [0.1, 0.15) is 6.26 Å². The third kappa shape index (κ3) is 3.52. The molecule has 0 aromatic carbocycles. The molecule has 0 saturated heterocycles. The Hall–Kier alpha value is -1.65. The summed E-state index contributed by atoms with van der Waals surface area (Å²) in [5.74, 6) is 3.68. The van der Waals surface area contributed by atoms with Gasteiger partial charge in [0.2, 0.25) is 5.89 Å². The monoisotopic (exact) mass is 289 g/mol. The van der Waals surface area contributed by atoms with E-state index in [0.717, 1.165) is 42.6 Å². The fourth-order valence-corrected chi connectivity index (χ4v) is 2.39. The van der Waals surface area contributed by atoms with Gasteiger partial charge in [0.05, 0.1) is 5.69 Å². The average molecular weight is 289 g/mol. The summed E-state index contributed by atoms with van der Waals surface area (Å²) in [5.41, 5.74) is 1.14. The second kappa shape index (κ2) is 6.00. The molecule has 2 aromatic rings. The molecule has 0 bridgehead atoms. The summed E-state index contributed by atoms with van der Waals surface area (Å²) in [7, 11) is 0. The molecule has 1 aliphatic rings. The normalized spacial score (nSPS) is 16.6. The molecule has 3 rings (SSSR count). The molecule has 0 N–H and O–H groups in total.